The Hall–Kier alpha value is -0.790. The van der Waals surface area contributed by atoms with Crippen molar-refractivity contribution in [3.8, 4) is 0 Å². The number of aromatic amines is 1. The third kappa shape index (κ3) is 3.58. The first-order valence-electron chi connectivity index (χ1n) is 7.57. The molecule has 0 amide bonds. The standard InChI is InChI=1S/C14H21F3N4.ClH/c15-14(16,17)12-8-11(19-20-12)9-21-7-6-18-10-13(21)4-2-1-3-5-13;/h8,18H,1-7,9-10H2,(H,19,20);1H. The summed E-state index contributed by atoms with van der Waals surface area (Å²) in [7, 11) is 0. The van der Waals surface area contributed by atoms with Crippen molar-refractivity contribution in [2.45, 2.75) is 50.4 Å². The first-order valence-corrected chi connectivity index (χ1v) is 7.57. The number of aromatic nitrogens is 2. The van der Waals surface area contributed by atoms with Crippen molar-refractivity contribution in [3.63, 3.8) is 0 Å². The number of halogens is 4. The molecule has 0 radical (unpaired) electrons. The molecular formula is C14H22ClF3N4. The van der Waals surface area contributed by atoms with Gasteiger partial charge in [0, 0.05) is 37.4 Å². The number of nitrogens with zero attached hydrogens (tertiary/aromatic N) is 2. The van der Waals surface area contributed by atoms with Crippen molar-refractivity contribution in [1.29, 1.82) is 0 Å². The molecule has 1 saturated carbocycles. The van der Waals surface area contributed by atoms with E-state index in [2.05, 4.69) is 20.4 Å². The summed E-state index contributed by atoms with van der Waals surface area (Å²) in [4.78, 5) is 2.34. The summed E-state index contributed by atoms with van der Waals surface area (Å²) < 4.78 is 37.9. The Morgan fingerprint density at radius 3 is 2.59 bits per heavy atom. The number of rotatable bonds is 2. The number of alkyl halides is 3. The molecule has 1 aliphatic carbocycles. The molecule has 3 rings (SSSR count). The SMILES string of the molecule is Cl.FC(F)(F)c1cc(CN2CCNCC23CCCCC3)[nH]n1. The highest BCUT2D eigenvalue weighted by Crippen LogP contribution is 2.36. The monoisotopic (exact) mass is 338 g/mol. The Bertz CT molecular complexity index is 474. The second-order valence-electron chi connectivity index (χ2n) is 6.16. The summed E-state index contributed by atoms with van der Waals surface area (Å²) in [6.45, 7) is 3.22. The quantitative estimate of drug-likeness (QED) is 0.871. The lowest BCUT2D eigenvalue weighted by molar-refractivity contribution is -0.141. The van der Waals surface area contributed by atoms with E-state index in [9.17, 15) is 13.2 Å². The summed E-state index contributed by atoms with van der Waals surface area (Å²) in [6.07, 6.45) is 1.54. The number of hydrogen-bond donors (Lipinski definition) is 2. The van der Waals surface area contributed by atoms with E-state index in [1.54, 1.807) is 0 Å². The van der Waals surface area contributed by atoms with Gasteiger partial charge in [0.15, 0.2) is 5.69 Å². The predicted molar refractivity (Wildman–Crippen MR) is 79.9 cm³/mol. The molecule has 2 heterocycles. The number of nitrogens with one attached hydrogen (secondary N) is 2. The highest BCUT2D eigenvalue weighted by molar-refractivity contribution is 5.85. The number of piperazine rings is 1. The second-order valence-corrected chi connectivity index (χ2v) is 6.16. The van der Waals surface area contributed by atoms with Crippen LogP contribution in [0.5, 0.6) is 0 Å². The van der Waals surface area contributed by atoms with E-state index in [1.807, 2.05) is 0 Å². The molecule has 22 heavy (non-hydrogen) atoms. The van der Waals surface area contributed by atoms with E-state index in [0.717, 1.165) is 38.5 Å². The molecule has 0 unspecified atom stereocenters. The molecule has 0 bridgehead atoms. The van der Waals surface area contributed by atoms with Crippen LogP contribution in [0.1, 0.15) is 43.5 Å². The van der Waals surface area contributed by atoms with Crippen molar-refractivity contribution in [2.24, 2.45) is 0 Å². The fourth-order valence-corrected chi connectivity index (χ4v) is 3.63. The number of H-pyrrole nitrogens is 1. The maximum atomic E-state index is 12.6. The lowest BCUT2D eigenvalue weighted by atomic mass is 9.79. The molecule has 2 N–H and O–H groups in total. The van der Waals surface area contributed by atoms with Crippen molar-refractivity contribution >= 4 is 12.4 Å². The minimum Gasteiger partial charge on any atom is -0.314 e. The Morgan fingerprint density at radius 1 is 1.23 bits per heavy atom. The van der Waals surface area contributed by atoms with Gasteiger partial charge in [0.25, 0.3) is 0 Å². The van der Waals surface area contributed by atoms with Crippen molar-refractivity contribution < 1.29 is 13.2 Å². The van der Waals surface area contributed by atoms with Crippen LogP contribution in [0.4, 0.5) is 13.2 Å². The first kappa shape index (κ1) is 17.6. The maximum Gasteiger partial charge on any atom is 0.435 e. The molecule has 8 heteroatoms. The van der Waals surface area contributed by atoms with Gasteiger partial charge in [0.1, 0.15) is 0 Å². The topological polar surface area (TPSA) is 44.0 Å². The zero-order valence-corrected chi connectivity index (χ0v) is 13.2. The largest absolute Gasteiger partial charge is 0.435 e. The van der Waals surface area contributed by atoms with Crippen LogP contribution in [0.15, 0.2) is 6.07 Å². The Balaban J connectivity index is 0.00000176. The van der Waals surface area contributed by atoms with Gasteiger partial charge in [-0.1, -0.05) is 19.3 Å². The van der Waals surface area contributed by atoms with Gasteiger partial charge in [0.2, 0.25) is 0 Å². The predicted octanol–water partition coefficient (Wildman–Crippen LogP) is 2.96. The summed E-state index contributed by atoms with van der Waals surface area (Å²) in [5.41, 5.74) is -0.167. The van der Waals surface area contributed by atoms with E-state index in [1.165, 1.54) is 19.3 Å². The van der Waals surface area contributed by atoms with Crippen molar-refractivity contribution in [1.82, 2.24) is 20.4 Å². The van der Waals surface area contributed by atoms with Crippen LogP contribution in [0.2, 0.25) is 0 Å². The molecule has 1 aliphatic heterocycles. The van der Waals surface area contributed by atoms with E-state index >= 15 is 0 Å². The van der Waals surface area contributed by atoms with Gasteiger partial charge in [-0.15, -0.1) is 12.4 Å². The lowest BCUT2D eigenvalue weighted by Gasteiger charge is -2.49. The molecule has 2 fully saturated rings. The molecule has 0 aromatic carbocycles. The molecule has 1 aromatic rings. The molecular weight excluding hydrogens is 317 g/mol. The fourth-order valence-electron chi connectivity index (χ4n) is 3.63. The Kier molecular flexibility index (Phi) is 5.40. The molecule has 0 atom stereocenters. The minimum absolute atomic E-state index is 0. The maximum absolute atomic E-state index is 12.6. The van der Waals surface area contributed by atoms with E-state index in [0.29, 0.717) is 12.2 Å². The van der Waals surface area contributed by atoms with Crippen molar-refractivity contribution in [2.75, 3.05) is 19.6 Å². The fraction of sp³-hybridized carbons (Fsp3) is 0.786. The Labute approximate surface area is 134 Å². The van der Waals surface area contributed by atoms with Crippen LogP contribution in [0.3, 0.4) is 0 Å². The average Bonchev–Trinajstić information content (AvgIpc) is 2.91. The van der Waals surface area contributed by atoms with Gasteiger partial charge >= 0.3 is 6.18 Å². The second kappa shape index (κ2) is 6.76. The highest BCUT2D eigenvalue weighted by atomic mass is 35.5. The molecule has 126 valence electrons. The Morgan fingerprint density at radius 2 is 1.95 bits per heavy atom. The van der Waals surface area contributed by atoms with Crippen LogP contribution in [0, 0.1) is 0 Å². The smallest absolute Gasteiger partial charge is 0.314 e. The third-order valence-corrected chi connectivity index (χ3v) is 4.75. The van der Waals surface area contributed by atoms with Gasteiger partial charge in [-0.2, -0.15) is 18.3 Å². The minimum atomic E-state index is -4.37. The summed E-state index contributed by atoms with van der Waals surface area (Å²) in [5.74, 6) is 0. The summed E-state index contributed by atoms with van der Waals surface area (Å²) in [5, 5.41) is 9.39. The van der Waals surface area contributed by atoms with E-state index < -0.39 is 11.9 Å². The van der Waals surface area contributed by atoms with Gasteiger partial charge in [-0.25, -0.2) is 0 Å². The van der Waals surface area contributed by atoms with Crippen LogP contribution in [0.25, 0.3) is 0 Å². The van der Waals surface area contributed by atoms with E-state index in [4.69, 9.17) is 0 Å². The summed E-state index contributed by atoms with van der Waals surface area (Å²) in [6, 6.07) is 1.14. The van der Waals surface area contributed by atoms with Gasteiger partial charge < -0.3 is 5.32 Å². The molecule has 1 saturated heterocycles. The van der Waals surface area contributed by atoms with Crippen LogP contribution >= 0.6 is 12.4 Å². The molecule has 2 aliphatic rings. The molecule has 1 aromatic heterocycles. The summed E-state index contributed by atoms with van der Waals surface area (Å²) >= 11 is 0. The van der Waals surface area contributed by atoms with Crippen LogP contribution in [-0.2, 0) is 12.7 Å². The lowest BCUT2D eigenvalue weighted by Crippen LogP contribution is -2.61. The van der Waals surface area contributed by atoms with Gasteiger partial charge in [-0.3, -0.25) is 10.00 Å². The zero-order chi connectivity index (χ0) is 14.9. The van der Waals surface area contributed by atoms with Crippen molar-refractivity contribution in [3.05, 3.63) is 17.5 Å². The zero-order valence-electron chi connectivity index (χ0n) is 12.4. The highest BCUT2D eigenvalue weighted by Gasteiger charge is 2.40. The third-order valence-electron chi connectivity index (χ3n) is 4.75. The van der Waals surface area contributed by atoms with Gasteiger partial charge in [-0.05, 0) is 18.9 Å². The molecule has 4 nitrogen and oxygen atoms in total. The van der Waals surface area contributed by atoms with Crippen LogP contribution < -0.4 is 5.32 Å². The normalized spacial score (nSPS) is 22.5. The first-order chi connectivity index (χ1) is 10.00. The average molecular weight is 339 g/mol. The number of hydrogen-bond acceptors (Lipinski definition) is 3. The van der Waals surface area contributed by atoms with Gasteiger partial charge in [0.05, 0.1) is 0 Å². The van der Waals surface area contributed by atoms with E-state index in [-0.39, 0.29) is 17.9 Å². The molecule has 1 spiro atoms. The van der Waals surface area contributed by atoms with Crippen LogP contribution in [-0.4, -0.2) is 40.3 Å².